The maximum absolute atomic E-state index is 12.7. The van der Waals surface area contributed by atoms with Gasteiger partial charge in [0.1, 0.15) is 12.0 Å². The first-order valence-corrected chi connectivity index (χ1v) is 8.75. The van der Waals surface area contributed by atoms with E-state index in [2.05, 4.69) is 27.1 Å². The van der Waals surface area contributed by atoms with Crippen LogP contribution >= 0.6 is 11.3 Å². The van der Waals surface area contributed by atoms with Crippen molar-refractivity contribution in [2.45, 2.75) is 11.8 Å². The van der Waals surface area contributed by atoms with E-state index in [1.807, 2.05) is 29.2 Å². The second-order valence-corrected chi connectivity index (χ2v) is 6.56. The normalized spacial score (nSPS) is 20.2. The molecule has 0 aliphatic carbocycles. The minimum absolute atomic E-state index is 0.00580. The van der Waals surface area contributed by atoms with Gasteiger partial charge in [-0.05, 0) is 11.6 Å². The van der Waals surface area contributed by atoms with Gasteiger partial charge in [0.05, 0.1) is 5.51 Å². The molecule has 120 valence electrons. The van der Waals surface area contributed by atoms with Gasteiger partial charge in [0.2, 0.25) is 0 Å². The van der Waals surface area contributed by atoms with Crippen LogP contribution in [0.5, 0.6) is 0 Å². The van der Waals surface area contributed by atoms with Crippen LogP contribution in [0, 0.1) is 0 Å². The van der Waals surface area contributed by atoms with Crippen LogP contribution in [0.15, 0.2) is 59.8 Å². The number of amides is 1. The maximum atomic E-state index is 12.7. The zero-order valence-electron chi connectivity index (χ0n) is 12.9. The van der Waals surface area contributed by atoms with Crippen molar-refractivity contribution in [3.8, 4) is 0 Å². The van der Waals surface area contributed by atoms with E-state index in [1.165, 1.54) is 16.9 Å². The van der Waals surface area contributed by atoms with Gasteiger partial charge in [0.25, 0.3) is 5.91 Å². The molecule has 2 atom stereocenters. The summed E-state index contributed by atoms with van der Waals surface area (Å²) in [6, 6.07) is 12.3. The molecule has 1 fully saturated rings. The first-order chi connectivity index (χ1) is 11.8. The number of nitrogens with zero attached hydrogens (tertiary/aromatic N) is 4. The number of benzene rings is 1. The predicted octanol–water partition coefficient (Wildman–Crippen LogP) is 2.96. The van der Waals surface area contributed by atoms with Gasteiger partial charge in [-0.15, -0.1) is 11.3 Å². The molecule has 0 saturated carbocycles. The summed E-state index contributed by atoms with van der Waals surface area (Å²) in [6.45, 7) is 1.32. The molecule has 6 heteroatoms. The molecule has 1 aromatic carbocycles. The molecule has 3 heterocycles. The molecule has 1 saturated heterocycles. The highest BCUT2D eigenvalue weighted by atomic mass is 32.1. The molecule has 3 aromatic rings. The summed E-state index contributed by atoms with van der Waals surface area (Å²) in [7, 11) is 0. The van der Waals surface area contributed by atoms with E-state index in [4.69, 9.17) is 0 Å². The molecule has 2 aromatic heterocycles. The van der Waals surface area contributed by atoms with E-state index in [-0.39, 0.29) is 17.7 Å². The van der Waals surface area contributed by atoms with Gasteiger partial charge in [0, 0.05) is 42.2 Å². The largest absolute Gasteiger partial charge is 0.336 e. The van der Waals surface area contributed by atoms with Crippen LogP contribution in [0.2, 0.25) is 0 Å². The molecule has 0 radical (unpaired) electrons. The second kappa shape index (κ2) is 6.49. The number of carbonyl (C=O) groups excluding carboxylic acids is 1. The third-order valence-electron chi connectivity index (χ3n) is 4.47. The van der Waals surface area contributed by atoms with Gasteiger partial charge in [-0.1, -0.05) is 30.3 Å². The summed E-state index contributed by atoms with van der Waals surface area (Å²) < 4.78 is 0. The number of carbonyl (C=O) groups is 1. The molecule has 24 heavy (non-hydrogen) atoms. The van der Waals surface area contributed by atoms with Crippen molar-refractivity contribution in [1.29, 1.82) is 0 Å². The Kier molecular flexibility index (Phi) is 4.04. The lowest BCUT2D eigenvalue weighted by atomic mass is 9.87. The summed E-state index contributed by atoms with van der Waals surface area (Å²) in [6.07, 6.45) is 3.33. The number of aromatic nitrogens is 3. The van der Waals surface area contributed by atoms with Gasteiger partial charge in [0.15, 0.2) is 0 Å². The molecule has 0 spiro atoms. The molecule has 1 aliphatic rings. The second-order valence-electron chi connectivity index (χ2n) is 5.84. The summed E-state index contributed by atoms with van der Waals surface area (Å²) in [5.41, 5.74) is 4.43. The fraction of sp³-hybridized carbons (Fsp3) is 0.222. The molecular weight excluding hydrogens is 320 g/mol. The first-order valence-electron chi connectivity index (χ1n) is 7.81. The number of rotatable bonds is 3. The van der Waals surface area contributed by atoms with Crippen LogP contribution in [0.25, 0.3) is 0 Å². The number of likely N-dealkylation sites (tertiary alicyclic amines) is 1. The van der Waals surface area contributed by atoms with Crippen molar-refractivity contribution in [2.24, 2.45) is 0 Å². The van der Waals surface area contributed by atoms with E-state index in [0.29, 0.717) is 18.8 Å². The molecule has 1 aliphatic heterocycles. The Morgan fingerprint density at radius 1 is 1.08 bits per heavy atom. The van der Waals surface area contributed by atoms with Gasteiger partial charge >= 0.3 is 0 Å². The van der Waals surface area contributed by atoms with Crippen molar-refractivity contribution < 1.29 is 4.79 Å². The van der Waals surface area contributed by atoms with Gasteiger partial charge < -0.3 is 4.90 Å². The maximum Gasteiger partial charge on any atom is 0.273 e. The predicted molar refractivity (Wildman–Crippen MR) is 92.0 cm³/mol. The summed E-state index contributed by atoms with van der Waals surface area (Å²) in [4.78, 5) is 27.2. The molecule has 1 amide bonds. The zero-order chi connectivity index (χ0) is 16.4. The molecule has 4 rings (SSSR count). The first kappa shape index (κ1) is 15.0. The lowest BCUT2D eigenvalue weighted by Crippen LogP contribution is -2.29. The van der Waals surface area contributed by atoms with E-state index in [9.17, 15) is 4.79 Å². The van der Waals surface area contributed by atoms with Crippen molar-refractivity contribution in [3.63, 3.8) is 0 Å². The third kappa shape index (κ3) is 2.80. The Morgan fingerprint density at radius 2 is 1.92 bits per heavy atom. The van der Waals surface area contributed by atoms with Crippen LogP contribution in [0.4, 0.5) is 0 Å². The van der Waals surface area contributed by atoms with Gasteiger partial charge in [-0.25, -0.2) is 15.0 Å². The van der Waals surface area contributed by atoms with Crippen molar-refractivity contribution >= 4 is 17.2 Å². The molecule has 0 bridgehead atoms. The highest BCUT2D eigenvalue weighted by Crippen LogP contribution is 2.39. The lowest BCUT2D eigenvalue weighted by molar-refractivity contribution is 0.0784. The third-order valence-corrected chi connectivity index (χ3v) is 5.06. The minimum atomic E-state index is -0.00580. The Balaban J connectivity index is 1.66. The fourth-order valence-electron chi connectivity index (χ4n) is 3.31. The van der Waals surface area contributed by atoms with Crippen LogP contribution in [0.1, 0.15) is 33.6 Å². The Bertz CT molecular complexity index is 760. The van der Waals surface area contributed by atoms with Crippen molar-refractivity contribution in [2.75, 3.05) is 13.1 Å². The van der Waals surface area contributed by atoms with Crippen LogP contribution < -0.4 is 0 Å². The zero-order valence-corrected chi connectivity index (χ0v) is 13.8. The minimum Gasteiger partial charge on any atom is -0.336 e. The summed E-state index contributed by atoms with van der Waals surface area (Å²) in [5, 5.41) is 1.80. The Labute approximate surface area is 144 Å². The van der Waals surface area contributed by atoms with E-state index < -0.39 is 0 Å². The topological polar surface area (TPSA) is 59.0 Å². The van der Waals surface area contributed by atoms with Gasteiger partial charge in [-0.3, -0.25) is 4.79 Å². The number of hydrogen-bond acceptors (Lipinski definition) is 5. The smallest absolute Gasteiger partial charge is 0.273 e. The molecule has 5 nitrogen and oxygen atoms in total. The average Bonchev–Trinajstić information content (AvgIpc) is 3.33. The van der Waals surface area contributed by atoms with Crippen LogP contribution in [-0.4, -0.2) is 38.8 Å². The Morgan fingerprint density at radius 3 is 2.62 bits per heavy atom. The van der Waals surface area contributed by atoms with Crippen LogP contribution in [0.3, 0.4) is 0 Å². The monoisotopic (exact) mass is 336 g/mol. The summed E-state index contributed by atoms with van der Waals surface area (Å²) >= 11 is 1.44. The summed E-state index contributed by atoms with van der Waals surface area (Å²) in [5.74, 6) is 0.385. The number of hydrogen-bond donors (Lipinski definition) is 0. The molecule has 0 N–H and O–H groups in total. The van der Waals surface area contributed by atoms with E-state index in [1.54, 1.807) is 23.4 Å². The highest BCUT2D eigenvalue weighted by Gasteiger charge is 2.38. The lowest BCUT2D eigenvalue weighted by Gasteiger charge is -2.17. The quantitative estimate of drug-likeness (QED) is 0.738. The van der Waals surface area contributed by atoms with Gasteiger partial charge in [-0.2, -0.15) is 0 Å². The van der Waals surface area contributed by atoms with Crippen LogP contribution in [-0.2, 0) is 0 Å². The highest BCUT2D eigenvalue weighted by molar-refractivity contribution is 7.07. The molecular formula is C18H16N4OS. The average molecular weight is 336 g/mol. The van der Waals surface area contributed by atoms with Crippen molar-refractivity contribution in [3.05, 3.63) is 76.8 Å². The molecule has 0 unspecified atom stereocenters. The fourth-order valence-corrected chi connectivity index (χ4v) is 3.83. The van der Waals surface area contributed by atoms with E-state index in [0.717, 1.165) is 5.69 Å². The number of thiazole rings is 1. The Hall–Kier alpha value is -2.60. The van der Waals surface area contributed by atoms with E-state index >= 15 is 0 Å². The SMILES string of the molecule is O=C(c1cscn1)N1C[C@@H](c2ccccc2)[C@H](c2ccncn2)C1. The standard InChI is InChI=1S/C18H16N4OS/c23-18(17-10-24-12-21-17)22-8-14(13-4-2-1-3-5-13)15(9-22)16-6-7-19-11-20-16/h1-7,10-12,14-15H,8-9H2/t14-,15+/m0/s1. The van der Waals surface area contributed by atoms with Crippen molar-refractivity contribution in [1.82, 2.24) is 19.9 Å².